The van der Waals surface area contributed by atoms with Gasteiger partial charge in [0.1, 0.15) is 11.9 Å². The second kappa shape index (κ2) is 5.14. The highest BCUT2D eigenvalue weighted by Crippen LogP contribution is 2.20. The van der Waals surface area contributed by atoms with E-state index in [1.165, 1.54) is 12.1 Å². The monoisotopic (exact) mass is 223 g/mol. The highest BCUT2D eigenvalue weighted by atomic mass is 19.1. The first-order valence-electron chi connectivity index (χ1n) is 4.45. The number of aliphatic hydroxyl groups excluding tert-OH is 1. The van der Waals surface area contributed by atoms with Crippen LogP contribution in [0.25, 0.3) is 0 Å². The lowest BCUT2D eigenvalue weighted by Gasteiger charge is -2.14. The van der Waals surface area contributed by atoms with Gasteiger partial charge < -0.3 is 15.5 Å². The Labute approximate surface area is 91.7 Å². The maximum absolute atomic E-state index is 13.4. The third-order valence-corrected chi connectivity index (χ3v) is 1.95. The van der Waals surface area contributed by atoms with Gasteiger partial charge in [0.05, 0.1) is 17.9 Å². The summed E-state index contributed by atoms with van der Waals surface area (Å²) in [5.41, 5.74) is -0.444. The number of carbonyl (C=O) groups is 1. The summed E-state index contributed by atoms with van der Waals surface area (Å²) in [4.78, 5) is 10.8. The maximum Gasteiger partial charge on any atom is 0.337 e. The smallest absolute Gasteiger partial charge is 0.337 e. The van der Waals surface area contributed by atoms with Crippen LogP contribution in [0.4, 0.5) is 10.1 Å². The lowest BCUT2D eigenvalue weighted by atomic mass is 10.1. The Morgan fingerprint density at radius 3 is 2.81 bits per heavy atom. The highest BCUT2D eigenvalue weighted by Gasteiger charge is 2.16. The van der Waals surface area contributed by atoms with Gasteiger partial charge in [-0.15, -0.1) is 6.42 Å². The first kappa shape index (κ1) is 12.0. The summed E-state index contributed by atoms with van der Waals surface area (Å²) in [5.74, 6) is 0.177. The van der Waals surface area contributed by atoms with Crippen molar-refractivity contribution in [3.63, 3.8) is 0 Å². The third-order valence-electron chi connectivity index (χ3n) is 1.95. The van der Waals surface area contributed by atoms with Crippen molar-refractivity contribution in [3.8, 4) is 12.3 Å². The minimum absolute atomic E-state index is 0.216. The summed E-state index contributed by atoms with van der Waals surface area (Å²) in [6, 6.07) is 2.82. The number of halogens is 1. The number of carboxylic acids is 1. The van der Waals surface area contributed by atoms with Gasteiger partial charge in [-0.2, -0.15) is 0 Å². The summed E-state index contributed by atoms with van der Waals surface area (Å²) in [6.45, 7) is -0.413. The van der Waals surface area contributed by atoms with Crippen molar-refractivity contribution in [2.24, 2.45) is 0 Å². The number of hydrogen-bond donors (Lipinski definition) is 3. The standard InChI is InChI=1S/C11H10FNO3/c1-2-7(6-14)13-10-8(11(15)16)4-3-5-9(10)12/h1,3-5,7,13-14H,6H2,(H,15,16). The minimum atomic E-state index is -1.27. The second-order valence-electron chi connectivity index (χ2n) is 3.01. The number of benzene rings is 1. The average Bonchev–Trinajstić information content (AvgIpc) is 2.27. The van der Waals surface area contributed by atoms with E-state index >= 15 is 0 Å². The molecule has 0 aliphatic heterocycles. The Balaban J connectivity index is 3.11. The van der Waals surface area contributed by atoms with Gasteiger partial charge in [-0.25, -0.2) is 9.18 Å². The molecule has 1 unspecified atom stereocenters. The van der Waals surface area contributed by atoms with Crippen LogP contribution in [-0.4, -0.2) is 28.8 Å². The van der Waals surface area contributed by atoms with Crippen LogP contribution < -0.4 is 5.32 Å². The molecule has 0 aromatic heterocycles. The SMILES string of the molecule is C#CC(CO)Nc1c(F)cccc1C(=O)O. The van der Waals surface area contributed by atoms with Gasteiger partial charge in [0.25, 0.3) is 0 Å². The van der Waals surface area contributed by atoms with Crippen LogP contribution in [0.3, 0.4) is 0 Å². The van der Waals surface area contributed by atoms with E-state index in [-0.39, 0.29) is 11.3 Å². The van der Waals surface area contributed by atoms with Gasteiger partial charge in [0.2, 0.25) is 0 Å². The van der Waals surface area contributed by atoms with Crippen molar-refractivity contribution in [2.75, 3.05) is 11.9 Å². The highest BCUT2D eigenvalue weighted by molar-refractivity contribution is 5.94. The molecule has 0 heterocycles. The van der Waals surface area contributed by atoms with Crippen molar-refractivity contribution >= 4 is 11.7 Å². The van der Waals surface area contributed by atoms with E-state index in [2.05, 4.69) is 11.2 Å². The number of hydrogen-bond acceptors (Lipinski definition) is 3. The van der Waals surface area contributed by atoms with Gasteiger partial charge in [0, 0.05) is 0 Å². The van der Waals surface area contributed by atoms with Crippen molar-refractivity contribution in [1.29, 1.82) is 0 Å². The van der Waals surface area contributed by atoms with E-state index in [1.807, 2.05) is 0 Å². The lowest BCUT2D eigenvalue weighted by molar-refractivity contribution is 0.0697. The molecule has 5 heteroatoms. The Morgan fingerprint density at radius 1 is 1.62 bits per heavy atom. The Bertz CT molecular complexity index is 439. The number of aliphatic hydroxyl groups is 1. The number of aromatic carboxylic acids is 1. The van der Waals surface area contributed by atoms with Gasteiger partial charge in [-0.05, 0) is 12.1 Å². The van der Waals surface area contributed by atoms with Crippen LogP contribution in [0, 0.1) is 18.2 Å². The van der Waals surface area contributed by atoms with Crippen molar-refractivity contribution in [3.05, 3.63) is 29.6 Å². The number of para-hydroxylation sites is 1. The zero-order valence-corrected chi connectivity index (χ0v) is 8.27. The fourth-order valence-electron chi connectivity index (χ4n) is 1.16. The van der Waals surface area contributed by atoms with E-state index in [4.69, 9.17) is 16.6 Å². The first-order chi connectivity index (χ1) is 7.60. The van der Waals surface area contributed by atoms with Crippen LogP contribution >= 0.6 is 0 Å². The molecule has 0 aliphatic carbocycles. The van der Waals surface area contributed by atoms with Crippen molar-refractivity contribution in [1.82, 2.24) is 0 Å². The number of carboxylic acid groups (broad SMARTS) is 1. The largest absolute Gasteiger partial charge is 0.478 e. The molecular weight excluding hydrogens is 213 g/mol. The van der Waals surface area contributed by atoms with E-state index < -0.39 is 24.4 Å². The van der Waals surface area contributed by atoms with Gasteiger partial charge >= 0.3 is 5.97 Å². The van der Waals surface area contributed by atoms with Crippen LogP contribution in [0.2, 0.25) is 0 Å². The molecule has 0 radical (unpaired) electrons. The van der Waals surface area contributed by atoms with Crippen LogP contribution in [-0.2, 0) is 0 Å². The zero-order chi connectivity index (χ0) is 12.1. The third kappa shape index (κ3) is 2.49. The molecule has 0 bridgehead atoms. The molecule has 0 amide bonds. The molecule has 1 aromatic rings. The van der Waals surface area contributed by atoms with Crippen LogP contribution in [0.1, 0.15) is 10.4 Å². The fraction of sp³-hybridized carbons (Fsp3) is 0.182. The summed E-state index contributed by atoms with van der Waals surface area (Å²) in [5, 5.41) is 20.1. The second-order valence-corrected chi connectivity index (χ2v) is 3.01. The molecule has 3 N–H and O–H groups in total. The van der Waals surface area contributed by atoms with Crippen molar-refractivity contribution in [2.45, 2.75) is 6.04 Å². The van der Waals surface area contributed by atoms with Gasteiger partial charge in [-0.3, -0.25) is 0 Å². The summed E-state index contributed by atoms with van der Waals surface area (Å²) in [6.07, 6.45) is 5.07. The number of nitrogens with one attached hydrogen (secondary N) is 1. The van der Waals surface area contributed by atoms with E-state index in [1.54, 1.807) is 0 Å². The minimum Gasteiger partial charge on any atom is -0.478 e. The number of rotatable bonds is 4. The molecule has 4 nitrogen and oxygen atoms in total. The molecule has 84 valence electrons. The van der Waals surface area contributed by atoms with Gasteiger partial charge in [0.15, 0.2) is 0 Å². The van der Waals surface area contributed by atoms with E-state index in [9.17, 15) is 9.18 Å². The number of anilines is 1. The van der Waals surface area contributed by atoms with E-state index in [0.717, 1.165) is 6.07 Å². The number of terminal acetylenes is 1. The van der Waals surface area contributed by atoms with Crippen LogP contribution in [0.15, 0.2) is 18.2 Å². The van der Waals surface area contributed by atoms with Gasteiger partial charge in [-0.1, -0.05) is 12.0 Å². The quantitative estimate of drug-likeness (QED) is 0.664. The normalized spacial score (nSPS) is 11.6. The molecule has 16 heavy (non-hydrogen) atoms. The lowest BCUT2D eigenvalue weighted by Crippen LogP contribution is -2.23. The predicted molar refractivity (Wildman–Crippen MR) is 56.7 cm³/mol. The Hall–Kier alpha value is -2.06. The molecule has 0 saturated carbocycles. The van der Waals surface area contributed by atoms with Crippen LogP contribution in [0.5, 0.6) is 0 Å². The Morgan fingerprint density at radius 2 is 2.31 bits per heavy atom. The summed E-state index contributed by atoms with van der Waals surface area (Å²) >= 11 is 0. The zero-order valence-electron chi connectivity index (χ0n) is 8.27. The molecule has 1 rings (SSSR count). The molecule has 1 atom stereocenters. The average molecular weight is 223 g/mol. The van der Waals surface area contributed by atoms with Crippen molar-refractivity contribution < 1.29 is 19.4 Å². The molecule has 0 spiro atoms. The first-order valence-corrected chi connectivity index (χ1v) is 4.45. The predicted octanol–water partition coefficient (Wildman–Crippen LogP) is 0.930. The molecule has 1 aromatic carbocycles. The maximum atomic E-state index is 13.4. The fourth-order valence-corrected chi connectivity index (χ4v) is 1.16. The summed E-state index contributed by atoms with van der Waals surface area (Å²) < 4.78 is 13.4. The molecule has 0 aliphatic rings. The topological polar surface area (TPSA) is 69.6 Å². The Kier molecular flexibility index (Phi) is 3.86. The summed E-state index contributed by atoms with van der Waals surface area (Å²) in [7, 11) is 0. The van der Waals surface area contributed by atoms with E-state index in [0.29, 0.717) is 0 Å². The molecule has 0 saturated heterocycles. The molecular formula is C11H10FNO3. The molecule has 0 fully saturated rings.